The van der Waals surface area contributed by atoms with Crippen LogP contribution in [-0.2, 0) is 0 Å². The molecule has 0 atom stereocenters. The van der Waals surface area contributed by atoms with Gasteiger partial charge in [0.1, 0.15) is 11.2 Å². The van der Waals surface area contributed by atoms with Crippen LogP contribution in [-0.4, -0.2) is 19.9 Å². The van der Waals surface area contributed by atoms with Crippen LogP contribution in [0.4, 0.5) is 0 Å². The number of aromatic nitrogens is 4. The Hall–Kier alpha value is -2.05. The van der Waals surface area contributed by atoms with E-state index in [1.54, 1.807) is 0 Å². The Balaban J connectivity index is 3.18. The van der Waals surface area contributed by atoms with Gasteiger partial charge < -0.3 is 0 Å². The van der Waals surface area contributed by atoms with Gasteiger partial charge in [0, 0.05) is 0 Å². The van der Waals surface area contributed by atoms with Gasteiger partial charge in [-0.1, -0.05) is 0 Å². The molecule has 0 saturated heterocycles. The zero-order valence-corrected chi connectivity index (χ0v) is 5.72. The van der Waals surface area contributed by atoms with Crippen molar-refractivity contribution in [3.63, 3.8) is 0 Å². The lowest BCUT2D eigenvalue weighted by molar-refractivity contribution is 1.07. The molecule has 2 rings (SSSR count). The first-order chi connectivity index (χ1) is 5.66. The summed E-state index contributed by atoms with van der Waals surface area (Å²) in [4.78, 5) is 41.0. The topological polar surface area (TPSA) is 114 Å². The molecule has 2 aromatic rings. The van der Waals surface area contributed by atoms with Crippen molar-refractivity contribution in [2.24, 2.45) is 0 Å². The van der Waals surface area contributed by atoms with Crippen molar-refractivity contribution in [3.05, 3.63) is 31.3 Å². The van der Waals surface area contributed by atoms with Gasteiger partial charge in [-0.15, -0.1) is 0 Å². The Kier molecular flexibility index (Phi) is 1.09. The minimum Gasteiger partial charge on any atom is -0.300 e. The first kappa shape index (κ1) is 6.65. The molecule has 0 aliphatic heterocycles. The van der Waals surface area contributed by atoms with E-state index in [0.29, 0.717) is 0 Å². The molecule has 2 aromatic heterocycles. The number of aromatic amines is 4. The van der Waals surface area contributed by atoms with E-state index in [2.05, 4.69) is 15.0 Å². The molecule has 7 nitrogen and oxygen atoms in total. The Labute approximate surface area is 63.5 Å². The van der Waals surface area contributed by atoms with E-state index in [4.69, 9.17) is 0 Å². The fraction of sp³-hybridized carbons (Fsp3) is 0. The van der Waals surface area contributed by atoms with Crippen LogP contribution in [0.5, 0.6) is 0 Å². The summed E-state index contributed by atoms with van der Waals surface area (Å²) < 4.78 is 0. The quantitative estimate of drug-likeness (QED) is 0.377. The van der Waals surface area contributed by atoms with Gasteiger partial charge in [-0.05, 0) is 0 Å². The van der Waals surface area contributed by atoms with Crippen LogP contribution in [0.3, 0.4) is 0 Å². The summed E-state index contributed by atoms with van der Waals surface area (Å²) in [6, 6.07) is 0. The second kappa shape index (κ2) is 1.97. The molecule has 12 heavy (non-hydrogen) atoms. The minimum absolute atomic E-state index is 0.0413. The number of hydrogen-bond donors (Lipinski definition) is 4. The number of imidazole rings is 1. The van der Waals surface area contributed by atoms with Crippen molar-refractivity contribution in [2.75, 3.05) is 0 Å². The van der Waals surface area contributed by atoms with Crippen LogP contribution in [0.2, 0.25) is 0 Å². The first-order valence-electron chi connectivity index (χ1n) is 3.11. The molecule has 0 saturated carbocycles. The maximum Gasteiger partial charge on any atom is 0.327 e. The first-order valence-corrected chi connectivity index (χ1v) is 3.11. The summed E-state index contributed by atoms with van der Waals surface area (Å²) in [5.74, 6) is 0. The molecule has 0 spiro atoms. The predicted octanol–water partition coefficient (Wildman–Crippen LogP) is -1.77. The average Bonchev–Trinajstić information content (AvgIpc) is 2.29. The average molecular weight is 172 g/mol. The summed E-state index contributed by atoms with van der Waals surface area (Å²) >= 11 is 0. The Morgan fingerprint density at radius 1 is 0.750 bits per heavy atom. The van der Waals surface area contributed by atoms with Gasteiger partial charge in [-0.3, -0.25) is 24.7 Å². The highest BCUT2D eigenvalue weighted by molar-refractivity contribution is 5.67. The molecule has 0 radical (unpaired) electrons. The Morgan fingerprint density at radius 2 is 1.33 bits per heavy atom. The van der Waals surface area contributed by atoms with Crippen LogP contribution in [0.15, 0.2) is 14.4 Å². The van der Waals surface area contributed by atoms with Crippen LogP contribution in [0.1, 0.15) is 0 Å². The molecular formula is C5H4N4O3. The molecule has 4 N–H and O–H groups in total. The summed E-state index contributed by atoms with van der Waals surface area (Å²) in [7, 11) is 0. The summed E-state index contributed by atoms with van der Waals surface area (Å²) in [6.07, 6.45) is 0. The third-order valence-electron chi connectivity index (χ3n) is 1.42. The molecular weight excluding hydrogens is 168 g/mol. The normalized spacial score (nSPS) is 10.7. The van der Waals surface area contributed by atoms with Gasteiger partial charge >= 0.3 is 11.4 Å². The smallest absolute Gasteiger partial charge is 0.300 e. The van der Waals surface area contributed by atoms with Crippen molar-refractivity contribution in [1.29, 1.82) is 0 Å². The van der Waals surface area contributed by atoms with Gasteiger partial charge in [-0.2, -0.15) is 0 Å². The van der Waals surface area contributed by atoms with E-state index in [1.807, 2.05) is 4.98 Å². The molecule has 0 bridgehead atoms. The molecule has 0 aliphatic rings. The van der Waals surface area contributed by atoms with Gasteiger partial charge in [0.25, 0.3) is 5.56 Å². The van der Waals surface area contributed by atoms with E-state index in [9.17, 15) is 14.4 Å². The van der Waals surface area contributed by atoms with Gasteiger partial charge in [0.15, 0.2) is 0 Å². The lowest BCUT2D eigenvalue weighted by Crippen LogP contribution is -2.21. The highest BCUT2D eigenvalue weighted by Gasteiger charge is 2.02. The fourth-order valence-corrected chi connectivity index (χ4v) is 0.958. The van der Waals surface area contributed by atoms with Gasteiger partial charge in [0.2, 0.25) is 0 Å². The number of fused-ring (bicyclic) bond motifs is 1. The zero-order chi connectivity index (χ0) is 8.72. The maximum atomic E-state index is 10.9. The van der Waals surface area contributed by atoms with Crippen molar-refractivity contribution >= 4 is 11.2 Å². The highest BCUT2D eigenvalue weighted by atomic mass is 16.3. The van der Waals surface area contributed by atoms with E-state index in [0.717, 1.165) is 0 Å². The van der Waals surface area contributed by atoms with E-state index in [1.165, 1.54) is 0 Å². The lowest BCUT2D eigenvalue weighted by atomic mass is 10.6. The third kappa shape index (κ3) is 0.797. The number of hydrogen-bond acceptors (Lipinski definition) is 3. The fourth-order valence-electron chi connectivity index (χ4n) is 0.958. The van der Waals surface area contributed by atoms with Crippen LogP contribution >= 0.6 is 0 Å². The number of nitrogens with one attached hydrogen (secondary N) is 4. The SMILES string of the molecule is O=c1[nH]c2[15nH][13c](=O)[15nH]c(=O)c2[15nH]1. The molecule has 0 aliphatic carbocycles. The molecule has 0 amide bonds. The molecule has 2 heterocycles. The zero-order valence-electron chi connectivity index (χ0n) is 5.72. The van der Waals surface area contributed by atoms with E-state index >= 15 is 0 Å². The van der Waals surface area contributed by atoms with E-state index < -0.39 is 16.9 Å². The van der Waals surface area contributed by atoms with Gasteiger partial charge in [-0.25, -0.2) is 9.59 Å². The Bertz CT molecular complexity index is 583. The van der Waals surface area contributed by atoms with Crippen molar-refractivity contribution in [1.82, 2.24) is 19.9 Å². The van der Waals surface area contributed by atoms with Crippen molar-refractivity contribution < 1.29 is 0 Å². The molecule has 0 unspecified atom stereocenters. The molecule has 62 valence electrons. The molecule has 0 fully saturated rings. The summed E-state index contributed by atoms with van der Waals surface area (Å²) in [5.41, 5.74) is -1.65. The number of rotatable bonds is 0. The highest BCUT2D eigenvalue weighted by Crippen LogP contribution is 1.88. The molecule has 7 heteroatoms. The summed E-state index contributed by atoms with van der Waals surface area (Å²) in [5, 5.41) is 0. The third-order valence-corrected chi connectivity index (χ3v) is 1.42. The maximum absolute atomic E-state index is 10.9. The standard InChI is InChI=1S/C5H4N4O3/c10-3-1-2(7-4(11)6-1)8-5(12)9-3/h(H4,6,7,8,9,10,11,12)/i5+1,6+1,8+1,9+1. The van der Waals surface area contributed by atoms with Crippen LogP contribution < -0.4 is 16.9 Å². The number of H-pyrrole nitrogens is 4. The second-order valence-electron chi connectivity index (χ2n) is 2.24. The van der Waals surface area contributed by atoms with E-state index in [-0.39, 0.29) is 11.2 Å². The van der Waals surface area contributed by atoms with Gasteiger partial charge in [0.05, 0.1) is 0 Å². The van der Waals surface area contributed by atoms with Crippen LogP contribution in [0.25, 0.3) is 11.2 Å². The lowest BCUT2D eigenvalue weighted by Gasteiger charge is -1.83. The molecule has 0 aromatic carbocycles. The summed E-state index contributed by atoms with van der Waals surface area (Å²) in [6.45, 7) is 0. The van der Waals surface area contributed by atoms with Crippen molar-refractivity contribution in [2.45, 2.75) is 0 Å². The predicted molar refractivity (Wildman–Crippen MR) is 40.2 cm³/mol. The second-order valence-corrected chi connectivity index (χ2v) is 2.24. The van der Waals surface area contributed by atoms with Crippen molar-refractivity contribution in [3.8, 4) is 0 Å². The van der Waals surface area contributed by atoms with Crippen LogP contribution in [0, 0.1) is 0 Å². The minimum atomic E-state index is -0.650. The Morgan fingerprint density at radius 3 is 2.00 bits per heavy atom. The monoisotopic (exact) mass is 172 g/mol. The largest absolute Gasteiger partial charge is 0.327 e.